The molecular formula is C13H17N5O5. The average molecular weight is 323 g/mol. The van der Waals surface area contributed by atoms with Crippen LogP contribution in [0.1, 0.15) is 19.6 Å². The summed E-state index contributed by atoms with van der Waals surface area (Å²) in [4.78, 5) is 23.5. The Morgan fingerprint density at radius 3 is 2.96 bits per heavy atom. The van der Waals surface area contributed by atoms with Gasteiger partial charge in [0.05, 0.1) is 12.9 Å². The van der Waals surface area contributed by atoms with Crippen molar-refractivity contribution in [2.75, 3.05) is 12.3 Å². The van der Waals surface area contributed by atoms with E-state index >= 15 is 0 Å². The molecule has 1 aliphatic rings. The molecule has 1 fully saturated rings. The van der Waals surface area contributed by atoms with Crippen LogP contribution in [-0.4, -0.2) is 60.6 Å². The summed E-state index contributed by atoms with van der Waals surface area (Å²) in [7, 11) is 0. The van der Waals surface area contributed by atoms with Crippen LogP contribution in [-0.2, 0) is 14.3 Å². The maximum Gasteiger partial charge on any atom is 0.305 e. The van der Waals surface area contributed by atoms with Crippen molar-refractivity contribution in [1.29, 1.82) is 0 Å². The third kappa shape index (κ3) is 2.60. The third-order valence-electron chi connectivity index (χ3n) is 3.71. The number of esters is 1. The zero-order valence-corrected chi connectivity index (χ0v) is 12.4. The zero-order valence-electron chi connectivity index (χ0n) is 12.4. The molecule has 2 aromatic heterocycles. The lowest BCUT2D eigenvalue weighted by molar-refractivity contribution is -0.156. The minimum absolute atomic E-state index is 0.157. The first-order valence-electron chi connectivity index (χ1n) is 7.13. The molecule has 0 spiro atoms. The molecule has 2 aromatic rings. The lowest BCUT2D eigenvalue weighted by Crippen LogP contribution is -2.37. The van der Waals surface area contributed by atoms with Gasteiger partial charge in [-0.3, -0.25) is 9.36 Å². The summed E-state index contributed by atoms with van der Waals surface area (Å²) in [6, 6.07) is 0. The molecule has 124 valence electrons. The van der Waals surface area contributed by atoms with Crippen LogP contribution in [0.2, 0.25) is 0 Å². The number of ether oxygens (including phenoxy) is 2. The first kappa shape index (κ1) is 15.6. The van der Waals surface area contributed by atoms with Crippen LogP contribution >= 0.6 is 0 Å². The van der Waals surface area contributed by atoms with Crippen LogP contribution in [0.3, 0.4) is 0 Å². The number of hydrogen-bond donors (Lipinski definition) is 3. The minimum atomic E-state index is -1.18. The van der Waals surface area contributed by atoms with Crippen molar-refractivity contribution in [1.82, 2.24) is 19.5 Å². The summed E-state index contributed by atoms with van der Waals surface area (Å²) in [5.41, 5.74) is 6.48. The Bertz CT molecular complexity index is 720. The molecule has 0 bridgehead atoms. The molecule has 3 rings (SSSR count). The van der Waals surface area contributed by atoms with Crippen molar-refractivity contribution in [2.24, 2.45) is 0 Å². The molecule has 23 heavy (non-hydrogen) atoms. The van der Waals surface area contributed by atoms with E-state index in [4.69, 9.17) is 15.2 Å². The molecule has 0 aromatic carbocycles. The standard InChI is InChI=1S/C13H17N5O5/c1-2-7(20)23-10-6(3-19)22-13(9(10)21)18-5-17-8-11(14)15-4-16-12(8)18/h4-6,9-10,13,19,21H,2-3H2,1H3,(H2,14,15,16)/t6-,9+,10-,13-/m1/s1. The lowest BCUT2D eigenvalue weighted by atomic mass is 10.1. The van der Waals surface area contributed by atoms with E-state index in [9.17, 15) is 15.0 Å². The third-order valence-corrected chi connectivity index (χ3v) is 3.71. The smallest absolute Gasteiger partial charge is 0.305 e. The van der Waals surface area contributed by atoms with Crippen molar-refractivity contribution in [2.45, 2.75) is 37.9 Å². The molecule has 1 aliphatic heterocycles. The molecule has 10 nitrogen and oxygen atoms in total. The van der Waals surface area contributed by atoms with Gasteiger partial charge in [-0.25, -0.2) is 15.0 Å². The molecule has 4 N–H and O–H groups in total. The van der Waals surface area contributed by atoms with Gasteiger partial charge in [-0.05, 0) is 0 Å². The molecule has 10 heteroatoms. The fraction of sp³-hybridized carbons (Fsp3) is 0.538. The number of carbonyl (C=O) groups is 1. The first-order valence-corrected chi connectivity index (χ1v) is 7.13. The van der Waals surface area contributed by atoms with Crippen LogP contribution in [0.4, 0.5) is 5.82 Å². The highest BCUT2D eigenvalue weighted by Gasteiger charge is 2.47. The lowest BCUT2D eigenvalue weighted by Gasteiger charge is -2.19. The van der Waals surface area contributed by atoms with Crippen LogP contribution in [0.25, 0.3) is 11.2 Å². The molecule has 0 aliphatic carbocycles. The van der Waals surface area contributed by atoms with Gasteiger partial charge in [-0.2, -0.15) is 0 Å². The van der Waals surface area contributed by atoms with Crippen LogP contribution in [0, 0.1) is 0 Å². The Balaban J connectivity index is 1.93. The first-order chi connectivity index (χ1) is 11.1. The summed E-state index contributed by atoms with van der Waals surface area (Å²) >= 11 is 0. The summed E-state index contributed by atoms with van der Waals surface area (Å²) in [5.74, 6) is -0.285. The number of hydrogen-bond acceptors (Lipinski definition) is 9. The molecule has 4 atom stereocenters. The maximum absolute atomic E-state index is 11.5. The maximum atomic E-state index is 11.5. The van der Waals surface area contributed by atoms with Gasteiger partial charge in [-0.15, -0.1) is 0 Å². The molecule has 0 radical (unpaired) electrons. The van der Waals surface area contributed by atoms with Crippen molar-refractivity contribution >= 4 is 23.0 Å². The van der Waals surface area contributed by atoms with Gasteiger partial charge in [0.2, 0.25) is 0 Å². The van der Waals surface area contributed by atoms with E-state index in [0.29, 0.717) is 11.2 Å². The van der Waals surface area contributed by atoms with Crippen molar-refractivity contribution in [3.8, 4) is 0 Å². The van der Waals surface area contributed by atoms with Gasteiger partial charge in [0.15, 0.2) is 23.8 Å². The number of fused-ring (bicyclic) bond motifs is 1. The number of rotatable bonds is 4. The quantitative estimate of drug-likeness (QED) is 0.602. The molecule has 0 amide bonds. The Morgan fingerprint density at radius 2 is 2.26 bits per heavy atom. The Morgan fingerprint density at radius 1 is 1.48 bits per heavy atom. The highest BCUT2D eigenvalue weighted by molar-refractivity contribution is 5.81. The second-order valence-electron chi connectivity index (χ2n) is 5.13. The zero-order chi connectivity index (χ0) is 16.6. The SMILES string of the molecule is CCC(=O)O[C@H]1[C@H](O)[C@H](n2cnc3c(N)ncnc32)O[C@@H]1CO. The Labute approximate surface area is 130 Å². The summed E-state index contributed by atoms with van der Waals surface area (Å²) < 4.78 is 12.3. The van der Waals surface area contributed by atoms with E-state index in [2.05, 4.69) is 15.0 Å². The molecule has 3 heterocycles. The highest BCUT2D eigenvalue weighted by atomic mass is 16.6. The van der Waals surface area contributed by atoms with Gasteiger partial charge >= 0.3 is 5.97 Å². The Hall–Kier alpha value is -2.30. The highest BCUT2D eigenvalue weighted by Crippen LogP contribution is 2.33. The number of aliphatic hydroxyl groups is 2. The largest absolute Gasteiger partial charge is 0.457 e. The predicted octanol–water partition coefficient (Wildman–Crippen LogP) is -1.02. The number of aliphatic hydroxyl groups excluding tert-OH is 2. The van der Waals surface area contributed by atoms with Gasteiger partial charge in [-0.1, -0.05) is 6.92 Å². The van der Waals surface area contributed by atoms with E-state index in [1.165, 1.54) is 17.2 Å². The van der Waals surface area contributed by atoms with Gasteiger partial charge in [0.1, 0.15) is 24.1 Å². The van der Waals surface area contributed by atoms with Crippen molar-refractivity contribution in [3.63, 3.8) is 0 Å². The Kier molecular flexibility index (Phi) is 4.11. The summed E-state index contributed by atoms with van der Waals surface area (Å²) in [5, 5.41) is 19.9. The summed E-state index contributed by atoms with van der Waals surface area (Å²) in [6.07, 6.45) is -1.09. The van der Waals surface area contributed by atoms with Gasteiger partial charge in [0, 0.05) is 6.42 Å². The second kappa shape index (κ2) is 6.07. The van der Waals surface area contributed by atoms with Gasteiger partial charge < -0.3 is 25.4 Å². The van der Waals surface area contributed by atoms with Gasteiger partial charge in [0.25, 0.3) is 0 Å². The van der Waals surface area contributed by atoms with Crippen molar-refractivity contribution < 1.29 is 24.5 Å². The van der Waals surface area contributed by atoms with Crippen LogP contribution < -0.4 is 5.73 Å². The van der Waals surface area contributed by atoms with Crippen LogP contribution in [0.15, 0.2) is 12.7 Å². The number of aromatic nitrogens is 4. The van der Waals surface area contributed by atoms with E-state index < -0.39 is 37.1 Å². The monoisotopic (exact) mass is 323 g/mol. The molecular weight excluding hydrogens is 306 g/mol. The summed E-state index contributed by atoms with van der Waals surface area (Å²) in [6.45, 7) is 1.23. The molecule has 0 saturated carbocycles. The number of anilines is 1. The second-order valence-corrected chi connectivity index (χ2v) is 5.13. The number of imidazole rings is 1. The van der Waals surface area contributed by atoms with Crippen molar-refractivity contribution in [3.05, 3.63) is 12.7 Å². The fourth-order valence-corrected chi connectivity index (χ4v) is 2.53. The minimum Gasteiger partial charge on any atom is -0.457 e. The number of nitrogen functional groups attached to an aromatic ring is 1. The van der Waals surface area contributed by atoms with E-state index in [-0.39, 0.29) is 12.2 Å². The van der Waals surface area contributed by atoms with Crippen LogP contribution in [0.5, 0.6) is 0 Å². The number of nitrogens with zero attached hydrogens (tertiary/aromatic N) is 4. The number of carbonyl (C=O) groups excluding carboxylic acids is 1. The normalized spacial score (nSPS) is 27.4. The van der Waals surface area contributed by atoms with E-state index in [0.717, 1.165) is 0 Å². The average Bonchev–Trinajstić information content (AvgIpc) is 3.10. The van der Waals surface area contributed by atoms with E-state index in [1.54, 1.807) is 6.92 Å². The molecule has 1 saturated heterocycles. The fourth-order valence-electron chi connectivity index (χ4n) is 2.53. The predicted molar refractivity (Wildman–Crippen MR) is 76.9 cm³/mol. The molecule has 0 unspecified atom stereocenters. The number of nitrogens with two attached hydrogens (primary N) is 1. The van der Waals surface area contributed by atoms with E-state index in [1.807, 2.05) is 0 Å². The topological polar surface area (TPSA) is 146 Å².